The molecule has 2 aliphatic rings. The molecule has 1 N–H and O–H groups in total. The van der Waals surface area contributed by atoms with E-state index in [-0.39, 0.29) is 11.9 Å². The summed E-state index contributed by atoms with van der Waals surface area (Å²) >= 11 is 0. The molecule has 2 aromatic rings. The van der Waals surface area contributed by atoms with E-state index in [4.69, 9.17) is 0 Å². The van der Waals surface area contributed by atoms with Gasteiger partial charge in [0.05, 0.1) is 0 Å². The van der Waals surface area contributed by atoms with Crippen LogP contribution in [-0.4, -0.2) is 35.8 Å². The van der Waals surface area contributed by atoms with Gasteiger partial charge in [0.2, 0.25) is 5.91 Å². The smallest absolute Gasteiger partial charge is 0.251 e. The lowest BCUT2D eigenvalue weighted by Gasteiger charge is -2.33. The first kappa shape index (κ1) is 21.6. The quantitative estimate of drug-likeness (QED) is 0.679. The first-order valence-electron chi connectivity index (χ1n) is 11.9. The van der Waals surface area contributed by atoms with E-state index >= 15 is 0 Å². The number of amides is 2. The first-order valence-corrected chi connectivity index (χ1v) is 11.9. The molecule has 4 rings (SSSR count). The van der Waals surface area contributed by atoms with Crippen molar-refractivity contribution in [1.29, 1.82) is 0 Å². The summed E-state index contributed by atoms with van der Waals surface area (Å²) in [6.45, 7) is 1.50. The Bertz CT molecular complexity index is 849. The molecule has 0 spiro atoms. The number of hydrogen-bond acceptors (Lipinski definition) is 2. The number of benzene rings is 2. The third kappa shape index (κ3) is 5.96. The zero-order valence-electron chi connectivity index (χ0n) is 18.4. The number of piperidine rings is 1. The van der Waals surface area contributed by atoms with Crippen LogP contribution in [0.4, 0.5) is 0 Å². The van der Waals surface area contributed by atoms with E-state index in [9.17, 15) is 9.59 Å². The van der Waals surface area contributed by atoms with E-state index in [1.54, 1.807) is 0 Å². The Hall–Kier alpha value is -2.62. The van der Waals surface area contributed by atoms with Crippen LogP contribution in [0.15, 0.2) is 54.6 Å². The van der Waals surface area contributed by atoms with Gasteiger partial charge in [-0.2, -0.15) is 0 Å². The number of carbonyl (C=O) groups excluding carboxylic acids is 2. The summed E-state index contributed by atoms with van der Waals surface area (Å²) in [6.07, 6.45) is 10.0. The average Bonchev–Trinajstić information content (AvgIpc) is 2.84. The van der Waals surface area contributed by atoms with Gasteiger partial charge in [0, 0.05) is 31.1 Å². The van der Waals surface area contributed by atoms with Crippen LogP contribution in [0.5, 0.6) is 0 Å². The SMILES string of the molecule is O=C(NC1CCN(C(=O)CCC2CCCCC2)CC1)c1ccc(-c2ccccc2)cc1. The number of nitrogens with zero attached hydrogens (tertiary/aromatic N) is 1. The molecule has 1 heterocycles. The van der Waals surface area contributed by atoms with Crippen LogP contribution in [0.1, 0.15) is 68.1 Å². The van der Waals surface area contributed by atoms with Gasteiger partial charge in [-0.15, -0.1) is 0 Å². The lowest BCUT2D eigenvalue weighted by molar-refractivity contribution is -0.132. The molecule has 0 aromatic heterocycles. The van der Waals surface area contributed by atoms with Gasteiger partial charge < -0.3 is 10.2 Å². The van der Waals surface area contributed by atoms with Crippen LogP contribution in [0.2, 0.25) is 0 Å². The second kappa shape index (κ2) is 10.6. The Kier molecular flexibility index (Phi) is 7.39. The fraction of sp³-hybridized carbons (Fsp3) is 0.481. The molecule has 1 aliphatic carbocycles. The second-order valence-electron chi connectivity index (χ2n) is 9.11. The second-order valence-corrected chi connectivity index (χ2v) is 9.11. The van der Waals surface area contributed by atoms with Gasteiger partial charge in [-0.3, -0.25) is 9.59 Å². The molecule has 0 radical (unpaired) electrons. The summed E-state index contributed by atoms with van der Waals surface area (Å²) in [5.74, 6) is 1.02. The van der Waals surface area contributed by atoms with Crippen molar-refractivity contribution in [2.75, 3.05) is 13.1 Å². The average molecular weight is 419 g/mol. The summed E-state index contributed by atoms with van der Waals surface area (Å²) in [7, 11) is 0. The van der Waals surface area contributed by atoms with Crippen LogP contribution < -0.4 is 5.32 Å². The van der Waals surface area contributed by atoms with E-state index < -0.39 is 0 Å². The Morgan fingerprint density at radius 2 is 1.45 bits per heavy atom. The van der Waals surface area contributed by atoms with Crippen molar-refractivity contribution in [3.8, 4) is 11.1 Å². The maximum atomic E-state index is 12.7. The van der Waals surface area contributed by atoms with Crippen LogP contribution in [0.25, 0.3) is 11.1 Å². The molecule has 164 valence electrons. The van der Waals surface area contributed by atoms with Crippen LogP contribution >= 0.6 is 0 Å². The molecule has 0 unspecified atom stereocenters. The van der Waals surface area contributed by atoms with Crippen molar-refractivity contribution in [2.24, 2.45) is 5.92 Å². The summed E-state index contributed by atoms with van der Waals surface area (Å²) < 4.78 is 0. The molecule has 2 amide bonds. The standard InChI is InChI=1S/C27H34N2O2/c30-26(16-11-21-7-3-1-4-8-21)29-19-17-25(18-20-29)28-27(31)24-14-12-23(13-15-24)22-9-5-2-6-10-22/h2,5-6,9-10,12-15,21,25H,1,3-4,7-8,11,16-20H2,(H,28,31). The van der Waals surface area contributed by atoms with Crippen molar-refractivity contribution >= 4 is 11.8 Å². The van der Waals surface area contributed by atoms with Gasteiger partial charge in [-0.05, 0) is 48.4 Å². The number of likely N-dealkylation sites (tertiary alicyclic amines) is 1. The molecule has 4 heteroatoms. The number of carbonyl (C=O) groups is 2. The van der Waals surface area contributed by atoms with E-state index in [2.05, 4.69) is 17.4 Å². The summed E-state index contributed by atoms with van der Waals surface area (Å²) in [5.41, 5.74) is 2.94. The van der Waals surface area contributed by atoms with Crippen molar-refractivity contribution in [3.05, 3.63) is 60.2 Å². The highest BCUT2D eigenvalue weighted by atomic mass is 16.2. The van der Waals surface area contributed by atoms with Crippen molar-refractivity contribution in [2.45, 2.75) is 63.8 Å². The molecular formula is C27H34N2O2. The van der Waals surface area contributed by atoms with Crippen molar-refractivity contribution < 1.29 is 9.59 Å². The molecule has 0 bridgehead atoms. The van der Waals surface area contributed by atoms with Gasteiger partial charge in [-0.25, -0.2) is 0 Å². The third-order valence-corrected chi connectivity index (χ3v) is 6.93. The maximum absolute atomic E-state index is 12.7. The first-order chi connectivity index (χ1) is 15.2. The van der Waals surface area contributed by atoms with Gasteiger partial charge in [0.25, 0.3) is 5.91 Å². The summed E-state index contributed by atoms with van der Waals surface area (Å²) in [6, 6.07) is 18.1. The Morgan fingerprint density at radius 3 is 2.13 bits per heavy atom. The minimum absolute atomic E-state index is 0.0262. The predicted molar refractivity (Wildman–Crippen MR) is 125 cm³/mol. The largest absolute Gasteiger partial charge is 0.349 e. The van der Waals surface area contributed by atoms with E-state index in [1.165, 1.54) is 32.1 Å². The minimum Gasteiger partial charge on any atom is -0.349 e. The molecule has 1 saturated carbocycles. The van der Waals surface area contributed by atoms with E-state index in [0.717, 1.165) is 49.4 Å². The number of nitrogens with one attached hydrogen (secondary N) is 1. The number of rotatable bonds is 6. The Labute approximate surface area is 186 Å². The fourth-order valence-corrected chi connectivity index (χ4v) is 4.95. The minimum atomic E-state index is -0.0262. The van der Waals surface area contributed by atoms with Crippen LogP contribution in [0, 0.1) is 5.92 Å². The molecule has 1 saturated heterocycles. The highest BCUT2D eigenvalue weighted by Gasteiger charge is 2.25. The molecule has 4 nitrogen and oxygen atoms in total. The predicted octanol–water partition coefficient (Wildman–Crippen LogP) is 5.43. The highest BCUT2D eigenvalue weighted by molar-refractivity contribution is 5.94. The monoisotopic (exact) mass is 418 g/mol. The van der Waals surface area contributed by atoms with Crippen LogP contribution in [0.3, 0.4) is 0 Å². The molecule has 31 heavy (non-hydrogen) atoms. The topological polar surface area (TPSA) is 49.4 Å². The van der Waals surface area contributed by atoms with Gasteiger partial charge >= 0.3 is 0 Å². The van der Waals surface area contributed by atoms with Crippen LogP contribution in [-0.2, 0) is 4.79 Å². The van der Waals surface area contributed by atoms with Crippen molar-refractivity contribution in [3.63, 3.8) is 0 Å². The Morgan fingerprint density at radius 1 is 0.806 bits per heavy atom. The lowest BCUT2D eigenvalue weighted by atomic mass is 9.86. The van der Waals surface area contributed by atoms with Crippen molar-refractivity contribution in [1.82, 2.24) is 10.2 Å². The molecular weight excluding hydrogens is 384 g/mol. The third-order valence-electron chi connectivity index (χ3n) is 6.93. The molecule has 1 aliphatic heterocycles. The normalized spacial score (nSPS) is 18.0. The summed E-state index contributed by atoms with van der Waals surface area (Å²) in [5, 5.41) is 3.16. The number of hydrogen-bond donors (Lipinski definition) is 1. The fourth-order valence-electron chi connectivity index (χ4n) is 4.95. The maximum Gasteiger partial charge on any atom is 0.251 e. The summed E-state index contributed by atoms with van der Waals surface area (Å²) in [4.78, 5) is 27.2. The Balaban J connectivity index is 1.21. The van der Waals surface area contributed by atoms with Gasteiger partial charge in [0.15, 0.2) is 0 Å². The molecule has 2 fully saturated rings. The molecule has 2 aromatic carbocycles. The zero-order valence-corrected chi connectivity index (χ0v) is 18.4. The lowest BCUT2D eigenvalue weighted by Crippen LogP contribution is -2.46. The van der Waals surface area contributed by atoms with Gasteiger partial charge in [-0.1, -0.05) is 74.6 Å². The van der Waals surface area contributed by atoms with Gasteiger partial charge in [0.1, 0.15) is 0 Å². The molecule has 0 atom stereocenters. The van der Waals surface area contributed by atoms with E-state index in [1.807, 2.05) is 47.4 Å². The zero-order chi connectivity index (χ0) is 21.5. The highest BCUT2D eigenvalue weighted by Crippen LogP contribution is 2.28. The van der Waals surface area contributed by atoms with E-state index in [0.29, 0.717) is 17.9 Å².